The van der Waals surface area contributed by atoms with E-state index in [1.165, 1.54) is 17.0 Å². The SMILES string of the molecule is CC(C)CN(CC(=O)N1CCn2cccc2[C@@H]1c1ccc(F)cc1F)C(=O)NC(C)(C)C. The van der Waals surface area contributed by atoms with Crippen LogP contribution in [0.4, 0.5) is 13.6 Å². The summed E-state index contributed by atoms with van der Waals surface area (Å²) in [6.45, 7) is 10.8. The maximum Gasteiger partial charge on any atom is 0.318 e. The summed E-state index contributed by atoms with van der Waals surface area (Å²) in [5.41, 5.74) is 0.541. The number of hydrogen-bond acceptors (Lipinski definition) is 2. The summed E-state index contributed by atoms with van der Waals surface area (Å²) in [5.74, 6) is -1.49. The molecular formula is C24H32F2N4O2. The minimum absolute atomic E-state index is 0.125. The number of benzene rings is 1. The van der Waals surface area contributed by atoms with Crippen molar-refractivity contribution in [3.63, 3.8) is 0 Å². The average Bonchev–Trinajstić information content (AvgIpc) is 3.14. The lowest BCUT2D eigenvalue weighted by Crippen LogP contribution is -2.53. The van der Waals surface area contributed by atoms with Crippen molar-refractivity contribution in [3.8, 4) is 0 Å². The van der Waals surface area contributed by atoms with Gasteiger partial charge in [-0.1, -0.05) is 19.9 Å². The van der Waals surface area contributed by atoms with Crippen molar-refractivity contribution in [2.75, 3.05) is 19.6 Å². The van der Waals surface area contributed by atoms with Crippen LogP contribution in [0.25, 0.3) is 0 Å². The number of halogens is 2. The molecule has 0 fully saturated rings. The van der Waals surface area contributed by atoms with Crippen LogP contribution in [0.3, 0.4) is 0 Å². The van der Waals surface area contributed by atoms with Crippen LogP contribution >= 0.6 is 0 Å². The lowest BCUT2D eigenvalue weighted by Gasteiger charge is -2.39. The predicted molar refractivity (Wildman–Crippen MR) is 119 cm³/mol. The van der Waals surface area contributed by atoms with Gasteiger partial charge in [-0.15, -0.1) is 0 Å². The zero-order valence-electron chi connectivity index (χ0n) is 19.4. The molecule has 0 unspecified atom stereocenters. The number of hydrogen-bond donors (Lipinski definition) is 1. The molecule has 0 bridgehead atoms. The Kier molecular flexibility index (Phi) is 6.91. The van der Waals surface area contributed by atoms with Crippen molar-refractivity contribution >= 4 is 11.9 Å². The molecule has 0 radical (unpaired) electrons. The molecule has 32 heavy (non-hydrogen) atoms. The molecule has 6 nitrogen and oxygen atoms in total. The topological polar surface area (TPSA) is 57.6 Å². The van der Waals surface area contributed by atoms with Crippen molar-refractivity contribution in [3.05, 3.63) is 59.4 Å². The number of rotatable bonds is 5. The van der Waals surface area contributed by atoms with E-state index in [1.807, 2.05) is 57.5 Å². The van der Waals surface area contributed by atoms with Gasteiger partial charge in [0.05, 0.1) is 0 Å². The highest BCUT2D eigenvalue weighted by Gasteiger charge is 2.35. The van der Waals surface area contributed by atoms with Gasteiger partial charge in [-0.25, -0.2) is 13.6 Å². The van der Waals surface area contributed by atoms with E-state index in [2.05, 4.69) is 5.32 Å². The number of aromatic nitrogens is 1. The lowest BCUT2D eigenvalue weighted by molar-refractivity contribution is -0.134. The summed E-state index contributed by atoms with van der Waals surface area (Å²) in [7, 11) is 0. The third-order valence-electron chi connectivity index (χ3n) is 5.30. The number of carbonyl (C=O) groups excluding carboxylic acids is 2. The first-order chi connectivity index (χ1) is 15.0. The zero-order chi connectivity index (χ0) is 23.6. The molecule has 3 amide bonds. The summed E-state index contributed by atoms with van der Waals surface area (Å²) in [5, 5.41) is 2.91. The molecule has 1 aromatic carbocycles. The molecule has 0 spiro atoms. The molecular weight excluding hydrogens is 414 g/mol. The van der Waals surface area contributed by atoms with E-state index < -0.39 is 23.2 Å². The Morgan fingerprint density at radius 1 is 1.19 bits per heavy atom. The molecule has 2 aromatic rings. The molecule has 0 saturated heterocycles. The Morgan fingerprint density at radius 2 is 1.91 bits per heavy atom. The van der Waals surface area contributed by atoms with Gasteiger partial charge in [0.15, 0.2) is 0 Å². The summed E-state index contributed by atoms with van der Waals surface area (Å²) in [4.78, 5) is 29.4. The quantitative estimate of drug-likeness (QED) is 0.750. The summed E-state index contributed by atoms with van der Waals surface area (Å²) >= 11 is 0. The van der Waals surface area contributed by atoms with Crippen LogP contribution in [-0.2, 0) is 11.3 Å². The van der Waals surface area contributed by atoms with E-state index in [1.54, 1.807) is 4.90 Å². The number of nitrogens with zero attached hydrogens (tertiary/aromatic N) is 3. The number of urea groups is 1. The van der Waals surface area contributed by atoms with Gasteiger partial charge in [-0.2, -0.15) is 0 Å². The van der Waals surface area contributed by atoms with Gasteiger partial charge in [0.1, 0.15) is 24.2 Å². The first-order valence-corrected chi connectivity index (χ1v) is 10.9. The Balaban J connectivity index is 1.91. The third kappa shape index (κ3) is 5.47. The van der Waals surface area contributed by atoms with Gasteiger partial charge in [-0.3, -0.25) is 4.79 Å². The van der Waals surface area contributed by atoms with Crippen molar-refractivity contribution in [2.24, 2.45) is 5.92 Å². The standard InChI is InChI=1S/C24H32F2N4O2/c1-16(2)14-29(23(32)27-24(3,4)5)15-21(31)30-12-11-28-10-6-7-20(28)22(30)18-9-8-17(25)13-19(18)26/h6-10,13,16,22H,11-12,14-15H2,1-5H3,(H,27,32)/t22-/m0/s1. The minimum atomic E-state index is -0.702. The highest BCUT2D eigenvalue weighted by molar-refractivity contribution is 5.85. The van der Waals surface area contributed by atoms with E-state index in [9.17, 15) is 18.4 Å². The number of fused-ring (bicyclic) bond motifs is 1. The van der Waals surface area contributed by atoms with E-state index in [0.29, 0.717) is 19.6 Å². The number of amides is 3. The third-order valence-corrected chi connectivity index (χ3v) is 5.30. The van der Waals surface area contributed by atoms with Gasteiger partial charge < -0.3 is 19.7 Å². The molecule has 174 valence electrons. The Hall–Kier alpha value is -2.90. The second-order valence-electron chi connectivity index (χ2n) is 9.74. The lowest BCUT2D eigenvalue weighted by atomic mass is 9.99. The molecule has 1 atom stereocenters. The highest BCUT2D eigenvalue weighted by Crippen LogP contribution is 2.34. The van der Waals surface area contributed by atoms with Crippen LogP contribution in [0.5, 0.6) is 0 Å². The molecule has 2 heterocycles. The largest absolute Gasteiger partial charge is 0.348 e. The molecule has 0 saturated carbocycles. The van der Waals surface area contributed by atoms with Gasteiger partial charge in [0.25, 0.3) is 0 Å². The van der Waals surface area contributed by atoms with Crippen LogP contribution in [-0.4, -0.2) is 51.5 Å². The molecule has 1 aliphatic rings. The fourth-order valence-corrected chi connectivity index (χ4v) is 4.02. The van der Waals surface area contributed by atoms with E-state index in [0.717, 1.165) is 11.8 Å². The fraction of sp³-hybridized carbons (Fsp3) is 0.500. The molecule has 0 aliphatic carbocycles. The Morgan fingerprint density at radius 3 is 2.53 bits per heavy atom. The van der Waals surface area contributed by atoms with E-state index >= 15 is 0 Å². The van der Waals surface area contributed by atoms with Gasteiger partial charge in [0.2, 0.25) is 5.91 Å². The predicted octanol–water partition coefficient (Wildman–Crippen LogP) is 4.16. The fourth-order valence-electron chi connectivity index (χ4n) is 4.02. The van der Waals surface area contributed by atoms with Crippen LogP contribution in [0, 0.1) is 17.6 Å². The summed E-state index contributed by atoms with van der Waals surface area (Å²) < 4.78 is 30.3. The smallest absolute Gasteiger partial charge is 0.318 e. The number of nitrogens with one attached hydrogen (secondary N) is 1. The number of carbonyl (C=O) groups is 2. The van der Waals surface area contributed by atoms with Gasteiger partial charge in [0, 0.05) is 48.7 Å². The van der Waals surface area contributed by atoms with Crippen molar-refractivity contribution in [2.45, 2.75) is 52.7 Å². The molecule has 3 rings (SSSR count). The monoisotopic (exact) mass is 446 g/mol. The van der Waals surface area contributed by atoms with Gasteiger partial charge >= 0.3 is 6.03 Å². The first kappa shape index (κ1) is 23.8. The Bertz CT molecular complexity index is 981. The Labute approximate surface area is 188 Å². The van der Waals surface area contributed by atoms with Crippen molar-refractivity contribution < 1.29 is 18.4 Å². The normalized spacial score (nSPS) is 16.1. The maximum atomic E-state index is 14.8. The zero-order valence-corrected chi connectivity index (χ0v) is 19.4. The van der Waals surface area contributed by atoms with Crippen LogP contribution in [0.2, 0.25) is 0 Å². The first-order valence-electron chi connectivity index (χ1n) is 10.9. The van der Waals surface area contributed by atoms with Gasteiger partial charge in [-0.05, 0) is 44.9 Å². The summed E-state index contributed by atoms with van der Waals surface area (Å²) in [6, 6.07) is 6.09. The minimum Gasteiger partial charge on any atom is -0.348 e. The highest BCUT2D eigenvalue weighted by atomic mass is 19.1. The van der Waals surface area contributed by atoms with Crippen LogP contribution in [0.1, 0.15) is 51.9 Å². The average molecular weight is 447 g/mol. The maximum absolute atomic E-state index is 14.8. The molecule has 1 N–H and O–H groups in total. The molecule has 1 aromatic heterocycles. The summed E-state index contributed by atoms with van der Waals surface area (Å²) in [6.07, 6.45) is 1.88. The second-order valence-corrected chi connectivity index (χ2v) is 9.74. The van der Waals surface area contributed by atoms with E-state index in [4.69, 9.17) is 0 Å². The molecule has 1 aliphatic heterocycles. The molecule has 8 heteroatoms. The van der Waals surface area contributed by atoms with E-state index in [-0.39, 0.29) is 30.0 Å². The van der Waals surface area contributed by atoms with Crippen LogP contribution in [0.15, 0.2) is 36.5 Å². The van der Waals surface area contributed by atoms with Crippen molar-refractivity contribution in [1.29, 1.82) is 0 Å². The second kappa shape index (κ2) is 9.30. The van der Waals surface area contributed by atoms with Crippen LogP contribution < -0.4 is 5.32 Å². The van der Waals surface area contributed by atoms with Crippen molar-refractivity contribution in [1.82, 2.24) is 19.7 Å².